The number of hydrogen-bond acceptors (Lipinski definition) is 1. The minimum Gasteiger partial charge on any atom is -0.308 e. The number of benzene rings is 7. The Hall–Kier alpha value is -5.73. The lowest BCUT2D eigenvalue weighted by atomic mass is 9.36. The van der Waals surface area contributed by atoms with Gasteiger partial charge in [0.1, 0.15) is 0 Å². The third-order valence-corrected chi connectivity index (χ3v) is 15.7. The van der Waals surface area contributed by atoms with E-state index in [1.165, 1.54) is 113 Å². The van der Waals surface area contributed by atoms with E-state index in [0.717, 1.165) is 5.56 Å². The zero-order valence-corrected chi connectivity index (χ0v) is 30.5. The number of fused-ring (bicyclic) bond motifs is 16. The van der Waals surface area contributed by atoms with E-state index in [1.54, 1.807) is 11.1 Å². The average molecular weight is 692 g/mol. The molecule has 0 N–H and O–H groups in total. The summed E-state index contributed by atoms with van der Waals surface area (Å²) < 4.78 is 2.56. The van der Waals surface area contributed by atoms with Gasteiger partial charge in [0.15, 0.2) is 5.78 Å². The van der Waals surface area contributed by atoms with Crippen LogP contribution < -0.4 is 0 Å². The van der Waals surface area contributed by atoms with Crippen molar-refractivity contribution in [3.05, 3.63) is 172 Å². The van der Waals surface area contributed by atoms with Crippen molar-refractivity contribution in [2.24, 2.45) is 0 Å². The molecule has 9 aromatic rings. The van der Waals surface area contributed by atoms with E-state index in [4.69, 9.17) is 0 Å². The van der Waals surface area contributed by atoms with Gasteiger partial charge in [-0.25, -0.2) is 0 Å². The van der Waals surface area contributed by atoms with E-state index < -0.39 is 0 Å². The van der Waals surface area contributed by atoms with Crippen LogP contribution in [-0.4, -0.2) is 10.2 Å². The highest BCUT2D eigenvalue weighted by Crippen LogP contribution is 2.74. The summed E-state index contributed by atoms with van der Waals surface area (Å²) in [6, 6.07) is 47.9. The molecule has 2 heteroatoms. The number of nitrogens with zero attached hydrogens (tertiary/aromatic N) is 1. The van der Waals surface area contributed by atoms with Gasteiger partial charge in [-0.2, -0.15) is 0 Å². The lowest BCUT2D eigenvalue weighted by Gasteiger charge is -2.64. The Labute approximate surface area is 313 Å². The van der Waals surface area contributed by atoms with Crippen LogP contribution in [0.4, 0.5) is 0 Å². The molecule has 7 aromatic carbocycles. The first kappa shape index (κ1) is 28.7. The zero-order valence-electron chi connectivity index (χ0n) is 30.5. The van der Waals surface area contributed by atoms with Gasteiger partial charge in [0.05, 0.1) is 22.5 Å². The minimum atomic E-state index is -0.265. The Bertz CT molecular complexity index is 3230. The van der Waals surface area contributed by atoms with Gasteiger partial charge >= 0.3 is 0 Å². The summed E-state index contributed by atoms with van der Waals surface area (Å²) in [5.41, 5.74) is 16.9. The summed E-state index contributed by atoms with van der Waals surface area (Å²) >= 11 is 0. The fourth-order valence-electron chi connectivity index (χ4n) is 13.0. The first-order valence-electron chi connectivity index (χ1n) is 20.0. The zero-order chi connectivity index (χ0) is 35.5. The molecule has 15 rings (SSSR count). The molecule has 0 amide bonds. The summed E-state index contributed by atoms with van der Waals surface area (Å²) in [6.07, 6.45) is 5.04. The summed E-state index contributed by atoms with van der Waals surface area (Å²) in [4.78, 5) is 15.1. The summed E-state index contributed by atoms with van der Waals surface area (Å²) in [5.74, 6) is 0.326. The third kappa shape index (κ3) is 2.95. The lowest BCUT2D eigenvalue weighted by molar-refractivity contribution is 0.0847. The van der Waals surface area contributed by atoms with Crippen LogP contribution in [0, 0.1) is 0 Å². The Balaban J connectivity index is 1.13. The number of carbonyl (C=O) groups is 1. The van der Waals surface area contributed by atoms with Crippen LogP contribution in [0.25, 0.3) is 60.0 Å². The number of hydrogen-bond donors (Lipinski definition) is 0. The first-order chi connectivity index (χ1) is 26.4. The molecular formula is C52H37NO. The van der Waals surface area contributed by atoms with Crippen LogP contribution in [0.3, 0.4) is 0 Å². The van der Waals surface area contributed by atoms with Gasteiger partial charge in [0.2, 0.25) is 0 Å². The molecule has 2 nitrogen and oxygen atoms in total. The van der Waals surface area contributed by atoms with Crippen molar-refractivity contribution in [1.29, 1.82) is 0 Å². The van der Waals surface area contributed by atoms with E-state index >= 15 is 4.79 Å². The van der Waals surface area contributed by atoms with Crippen LogP contribution in [0.1, 0.15) is 101 Å². The molecule has 2 aromatic heterocycles. The van der Waals surface area contributed by atoms with E-state index in [2.05, 4.69) is 146 Å². The number of Topliss-reactive ketones (excluding diaryl/α,β-unsaturated/α-hetero) is 1. The molecule has 1 fully saturated rings. The van der Waals surface area contributed by atoms with E-state index in [-0.39, 0.29) is 33.9 Å². The highest BCUT2D eigenvalue weighted by Gasteiger charge is 2.69. The Kier molecular flexibility index (Phi) is 4.77. The second-order valence-electron chi connectivity index (χ2n) is 18.1. The van der Waals surface area contributed by atoms with Crippen LogP contribution in [0.2, 0.25) is 0 Å². The summed E-state index contributed by atoms with van der Waals surface area (Å²) in [6.45, 7) is 5.03. The Morgan fingerprint density at radius 2 is 1.17 bits per heavy atom. The molecule has 256 valence electrons. The molecule has 3 atom stereocenters. The summed E-state index contributed by atoms with van der Waals surface area (Å²) in [5, 5.41) is 7.85. The van der Waals surface area contributed by atoms with Gasteiger partial charge in [-0.15, -0.1) is 0 Å². The highest BCUT2D eigenvalue weighted by molar-refractivity contribution is 6.32. The van der Waals surface area contributed by atoms with Crippen LogP contribution in [0.5, 0.6) is 0 Å². The molecule has 54 heavy (non-hydrogen) atoms. The van der Waals surface area contributed by atoms with Crippen LogP contribution in [-0.2, 0) is 16.2 Å². The molecule has 6 aliphatic carbocycles. The number of ketones is 1. The maximum Gasteiger partial charge on any atom is 0.171 e. The normalized spacial score (nSPS) is 27.0. The van der Waals surface area contributed by atoms with Gasteiger partial charge in [-0.3, -0.25) is 4.79 Å². The van der Waals surface area contributed by atoms with Gasteiger partial charge in [0.25, 0.3) is 0 Å². The van der Waals surface area contributed by atoms with E-state index in [9.17, 15) is 0 Å². The molecule has 0 radical (unpaired) electrons. The van der Waals surface area contributed by atoms with Gasteiger partial charge in [0, 0.05) is 38.4 Å². The first-order valence-corrected chi connectivity index (χ1v) is 20.0. The largest absolute Gasteiger partial charge is 0.308 e. The van der Waals surface area contributed by atoms with E-state index in [1.807, 2.05) is 0 Å². The maximum atomic E-state index is 15.1. The Morgan fingerprint density at radius 3 is 1.91 bits per heavy atom. The Morgan fingerprint density at radius 1 is 0.519 bits per heavy atom. The molecule has 3 unspecified atom stereocenters. The molecule has 2 bridgehead atoms. The number of aromatic nitrogens is 1. The van der Waals surface area contributed by atoms with Gasteiger partial charge < -0.3 is 4.40 Å². The van der Waals surface area contributed by atoms with E-state index in [0.29, 0.717) is 0 Å². The minimum absolute atomic E-state index is 0.133. The van der Waals surface area contributed by atoms with Crippen molar-refractivity contribution in [1.82, 2.24) is 4.40 Å². The van der Waals surface area contributed by atoms with Crippen molar-refractivity contribution in [2.45, 2.75) is 67.6 Å². The fraction of sp³-hybridized carbons (Fsp3) is 0.212. The van der Waals surface area contributed by atoms with Crippen molar-refractivity contribution < 1.29 is 4.79 Å². The predicted molar refractivity (Wildman–Crippen MR) is 220 cm³/mol. The quantitative estimate of drug-likeness (QED) is 0.168. The van der Waals surface area contributed by atoms with Crippen molar-refractivity contribution in [2.75, 3.05) is 0 Å². The van der Waals surface area contributed by atoms with Crippen molar-refractivity contribution in [3.63, 3.8) is 0 Å². The second kappa shape index (κ2) is 8.96. The predicted octanol–water partition coefficient (Wildman–Crippen LogP) is 12.5. The molecule has 1 saturated carbocycles. The molecule has 1 spiro atoms. The average Bonchev–Trinajstić information content (AvgIpc) is 3.69. The van der Waals surface area contributed by atoms with Crippen LogP contribution >= 0.6 is 0 Å². The fourth-order valence-corrected chi connectivity index (χ4v) is 13.0. The second-order valence-corrected chi connectivity index (χ2v) is 18.1. The molecule has 2 heterocycles. The summed E-state index contributed by atoms with van der Waals surface area (Å²) in [7, 11) is 0. The SMILES string of the molecule is CC12CCC(C)(CC1)c1cc3c(cc12)c1c2ccc(-c4ccccc4)cc2cc2c4cc5c(cc4n3c21)C(=O)C1c2ccccc2C12c1ccccc1C52. The molecule has 0 saturated heterocycles. The number of carbonyl (C=O) groups excluding carboxylic acids is 1. The van der Waals surface area contributed by atoms with Crippen molar-refractivity contribution >= 4 is 54.7 Å². The molecule has 6 aliphatic rings. The topological polar surface area (TPSA) is 21.5 Å². The monoisotopic (exact) mass is 691 g/mol. The third-order valence-electron chi connectivity index (χ3n) is 15.7. The van der Waals surface area contributed by atoms with Crippen LogP contribution in [0.15, 0.2) is 127 Å². The molecule has 0 aliphatic heterocycles. The lowest BCUT2D eigenvalue weighted by Crippen LogP contribution is -2.61. The standard InChI is InChI=1S/C52H37NO/c1-50-18-20-51(2,21-19-50)42-27-44-38(25-41(42)50)45-31-17-16-29(28-10-4-3-5-11-28)22-30(31)23-36-34-24-35-37(26-43(34)53(44)48(36)45)49(54)47-33-13-7-9-15-40(33)52(47)39-14-8-6-12-32(39)46(35)52/h3-17,22-27,46-47H,18-21H2,1-2H3. The smallest absolute Gasteiger partial charge is 0.171 e. The van der Waals surface area contributed by atoms with Gasteiger partial charge in [-0.1, -0.05) is 105 Å². The number of rotatable bonds is 1. The van der Waals surface area contributed by atoms with Gasteiger partial charge in [-0.05, 0) is 134 Å². The maximum absolute atomic E-state index is 15.1. The highest BCUT2D eigenvalue weighted by atomic mass is 16.1. The van der Waals surface area contributed by atoms with Crippen molar-refractivity contribution in [3.8, 4) is 11.1 Å². The molecular weight excluding hydrogens is 655 g/mol.